The number of amides is 4. The minimum absolute atomic E-state index is 0.0453. The number of fused-ring (bicyclic) bond motifs is 2. The standard InChI is InChI=1S/C40H28F12N2O4/c1-18(2)19-6-10-23(29(14-19)37(41,42)43)24-13-9-22(17-30(24)38(44,45)46)53-31(55)25-11-7-20(15-27(25)32(53)56)36(39(47,48)49,40(50,51)52)21-8-12-26-28(16-21)34(58)54(33(26)57)35(3,4)5/h6-18H,1-5H3. The SMILES string of the molecule is CC(C)c1ccc(-c2ccc(N3C(=O)c4ccc(C(c5ccc6c(c5)C(=O)N(C(C)(C)C)C6=O)(C(F)(F)F)C(F)(F)F)cc4C3=O)cc2C(F)(F)F)c(C(F)(F)F)c1. The Hall–Kier alpha value is -5.68. The third kappa shape index (κ3) is 6.40. The van der Waals surface area contributed by atoms with E-state index >= 15 is 26.3 Å². The van der Waals surface area contributed by atoms with Gasteiger partial charge in [0.15, 0.2) is 0 Å². The maximum atomic E-state index is 15.2. The molecule has 2 heterocycles. The fourth-order valence-corrected chi connectivity index (χ4v) is 7.31. The van der Waals surface area contributed by atoms with Crippen molar-refractivity contribution in [2.45, 2.75) is 76.2 Å². The van der Waals surface area contributed by atoms with Gasteiger partial charge in [-0.1, -0.05) is 44.2 Å². The number of nitrogens with zero attached hydrogens (tertiary/aromatic N) is 2. The Balaban J connectivity index is 1.50. The highest BCUT2D eigenvalue weighted by atomic mass is 19.4. The molecule has 58 heavy (non-hydrogen) atoms. The van der Waals surface area contributed by atoms with Crippen LogP contribution in [0.1, 0.15) is 110 Å². The van der Waals surface area contributed by atoms with Crippen molar-refractivity contribution in [3.05, 3.63) is 123 Å². The van der Waals surface area contributed by atoms with Gasteiger partial charge >= 0.3 is 24.7 Å². The predicted molar refractivity (Wildman–Crippen MR) is 183 cm³/mol. The molecule has 2 aliphatic heterocycles. The molecule has 6 rings (SSSR count). The molecule has 6 nitrogen and oxygen atoms in total. The number of halogens is 12. The summed E-state index contributed by atoms with van der Waals surface area (Å²) in [5.41, 5.74) is -18.4. The van der Waals surface area contributed by atoms with E-state index in [1.54, 1.807) is 13.8 Å². The summed E-state index contributed by atoms with van der Waals surface area (Å²) in [6.07, 6.45) is -23.1. The molecule has 0 fully saturated rings. The molecular weight excluding hydrogens is 800 g/mol. The first-order valence-electron chi connectivity index (χ1n) is 17.1. The molecule has 4 amide bonds. The van der Waals surface area contributed by atoms with Crippen LogP contribution in [0.3, 0.4) is 0 Å². The Morgan fingerprint density at radius 2 is 0.862 bits per heavy atom. The maximum absolute atomic E-state index is 15.2. The highest BCUT2D eigenvalue weighted by Crippen LogP contribution is 2.57. The van der Waals surface area contributed by atoms with Crippen LogP contribution < -0.4 is 4.90 Å². The van der Waals surface area contributed by atoms with Gasteiger partial charge in [-0.05, 0) is 97.0 Å². The molecule has 306 valence electrons. The first kappa shape index (κ1) is 41.9. The highest BCUT2D eigenvalue weighted by molar-refractivity contribution is 6.34. The van der Waals surface area contributed by atoms with E-state index in [0.717, 1.165) is 6.07 Å². The summed E-state index contributed by atoms with van der Waals surface area (Å²) >= 11 is 0. The number of imide groups is 2. The molecule has 0 atom stereocenters. The van der Waals surface area contributed by atoms with Crippen LogP contribution in [0.15, 0.2) is 72.8 Å². The van der Waals surface area contributed by atoms with Crippen molar-refractivity contribution < 1.29 is 71.9 Å². The first-order valence-corrected chi connectivity index (χ1v) is 17.1. The number of anilines is 1. The second kappa shape index (κ2) is 13.2. The zero-order valence-electron chi connectivity index (χ0n) is 30.6. The number of hydrogen-bond acceptors (Lipinski definition) is 4. The van der Waals surface area contributed by atoms with Crippen molar-refractivity contribution >= 4 is 29.3 Å². The highest BCUT2D eigenvalue weighted by Gasteiger charge is 2.73. The summed E-state index contributed by atoms with van der Waals surface area (Å²) in [5, 5.41) is 0. The van der Waals surface area contributed by atoms with Crippen LogP contribution in [0.5, 0.6) is 0 Å². The number of benzene rings is 4. The summed E-state index contributed by atoms with van der Waals surface area (Å²) in [6.45, 7) is 7.34. The fourth-order valence-electron chi connectivity index (χ4n) is 7.31. The number of carbonyl (C=O) groups excluding carboxylic acids is 4. The van der Waals surface area contributed by atoms with Gasteiger partial charge in [-0.3, -0.25) is 24.1 Å². The first-order chi connectivity index (χ1) is 26.4. The van der Waals surface area contributed by atoms with Gasteiger partial charge in [-0.25, -0.2) is 4.90 Å². The molecule has 18 heteroatoms. The summed E-state index contributed by atoms with van der Waals surface area (Å²) in [4.78, 5) is 54.1. The van der Waals surface area contributed by atoms with Gasteiger partial charge in [0, 0.05) is 5.54 Å². The van der Waals surface area contributed by atoms with E-state index in [2.05, 4.69) is 0 Å². The van der Waals surface area contributed by atoms with Crippen molar-refractivity contribution in [2.75, 3.05) is 4.90 Å². The summed E-state index contributed by atoms with van der Waals surface area (Å²) < 4.78 is 177. The van der Waals surface area contributed by atoms with E-state index in [4.69, 9.17) is 0 Å². The zero-order valence-corrected chi connectivity index (χ0v) is 30.6. The van der Waals surface area contributed by atoms with E-state index in [1.807, 2.05) is 0 Å². The van der Waals surface area contributed by atoms with Crippen LogP contribution in [-0.2, 0) is 17.8 Å². The number of carbonyl (C=O) groups is 4. The fraction of sp³-hybridized carbons (Fsp3) is 0.300. The molecule has 0 bridgehead atoms. The lowest BCUT2D eigenvalue weighted by atomic mass is 9.71. The Kier molecular flexibility index (Phi) is 9.53. The molecule has 0 radical (unpaired) electrons. The molecule has 2 aliphatic rings. The molecule has 4 aromatic carbocycles. The van der Waals surface area contributed by atoms with E-state index in [9.17, 15) is 45.5 Å². The van der Waals surface area contributed by atoms with Gasteiger partial charge in [-0.2, -0.15) is 52.7 Å². The normalized spacial score (nSPS) is 15.6. The number of rotatable bonds is 5. The van der Waals surface area contributed by atoms with Crippen LogP contribution in [-0.4, -0.2) is 46.4 Å². The Morgan fingerprint density at radius 1 is 0.466 bits per heavy atom. The van der Waals surface area contributed by atoms with Gasteiger partial charge in [0.25, 0.3) is 23.6 Å². The minimum atomic E-state index is -6.28. The lowest BCUT2D eigenvalue weighted by Crippen LogP contribution is -2.55. The minimum Gasteiger partial charge on any atom is -0.269 e. The molecule has 0 unspecified atom stereocenters. The number of alkyl halides is 12. The van der Waals surface area contributed by atoms with Crippen LogP contribution in [0.4, 0.5) is 58.4 Å². The third-order valence-corrected chi connectivity index (χ3v) is 10.0. The second-order valence-electron chi connectivity index (χ2n) is 15.0. The molecular formula is C40H28F12N2O4. The molecule has 0 aliphatic carbocycles. The zero-order chi connectivity index (χ0) is 43.5. The summed E-state index contributed by atoms with van der Waals surface area (Å²) in [5.74, 6) is -5.71. The van der Waals surface area contributed by atoms with Gasteiger partial charge in [0.2, 0.25) is 5.41 Å². The molecule has 0 saturated heterocycles. The van der Waals surface area contributed by atoms with Gasteiger partial charge in [-0.15, -0.1) is 0 Å². The number of hydrogen-bond donors (Lipinski definition) is 0. The van der Waals surface area contributed by atoms with Crippen molar-refractivity contribution in [2.24, 2.45) is 0 Å². The second-order valence-corrected chi connectivity index (χ2v) is 15.0. The molecule has 0 N–H and O–H groups in total. The smallest absolute Gasteiger partial charge is 0.269 e. The van der Waals surface area contributed by atoms with Crippen LogP contribution in [0, 0.1) is 0 Å². The Morgan fingerprint density at radius 3 is 1.31 bits per heavy atom. The topological polar surface area (TPSA) is 74.8 Å². The van der Waals surface area contributed by atoms with Crippen molar-refractivity contribution in [3.8, 4) is 11.1 Å². The Bertz CT molecular complexity index is 2400. The van der Waals surface area contributed by atoms with Crippen molar-refractivity contribution in [1.29, 1.82) is 0 Å². The van der Waals surface area contributed by atoms with Gasteiger partial charge < -0.3 is 0 Å². The lowest BCUT2D eigenvalue weighted by Gasteiger charge is -2.38. The third-order valence-electron chi connectivity index (χ3n) is 10.0. The average molecular weight is 829 g/mol. The van der Waals surface area contributed by atoms with Crippen molar-refractivity contribution in [1.82, 2.24) is 4.90 Å². The molecule has 0 spiro atoms. The summed E-state index contributed by atoms with van der Waals surface area (Å²) in [7, 11) is 0. The summed E-state index contributed by atoms with van der Waals surface area (Å²) in [6, 6.07) is 6.18. The maximum Gasteiger partial charge on any atom is 0.417 e. The molecule has 0 saturated carbocycles. The average Bonchev–Trinajstić information content (AvgIpc) is 3.49. The van der Waals surface area contributed by atoms with Gasteiger partial charge in [0.05, 0.1) is 39.1 Å². The monoisotopic (exact) mass is 828 g/mol. The van der Waals surface area contributed by atoms with Crippen LogP contribution in [0.25, 0.3) is 11.1 Å². The van der Waals surface area contributed by atoms with E-state index in [1.165, 1.54) is 26.8 Å². The van der Waals surface area contributed by atoms with Crippen LogP contribution >= 0.6 is 0 Å². The largest absolute Gasteiger partial charge is 0.417 e. The van der Waals surface area contributed by atoms with Crippen molar-refractivity contribution in [3.63, 3.8) is 0 Å². The van der Waals surface area contributed by atoms with E-state index in [0.29, 0.717) is 41.3 Å². The van der Waals surface area contributed by atoms with E-state index < -0.39 is 127 Å². The van der Waals surface area contributed by atoms with Crippen LogP contribution in [0.2, 0.25) is 0 Å². The molecule has 4 aromatic rings. The Labute approximate surface area is 321 Å². The molecule has 0 aromatic heterocycles. The predicted octanol–water partition coefficient (Wildman–Crippen LogP) is 11.1. The van der Waals surface area contributed by atoms with E-state index in [-0.39, 0.29) is 34.7 Å². The quantitative estimate of drug-likeness (QED) is 0.148. The lowest BCUT2D eigenvalue weighted by molar-refractivity contribution is -0.288. The van der Waals surface area contributed by atoms with Gasteiger partial charge in [0.1, 0.15) is 0 Å².